The molecule has 0 unspecified atom stereocenters. The normalized spacial score (nSPS) is 14.3. The molecule has 1 fully saturated rings. The van der Waals surface area contributed by atoms with Crippen molar-refractivity contribution in [2.45, 2.75) is 11.3 Å². The van der Waals surface area contributed by atoms with Gasteiger partial charge in [-0.15, -0.1) is 11.3 Å². The van der Waals surface area contributed by atoms with E-state index in [1.54, 1.807) is 19.4 Å². The average Bonchev–Trinajstić information content (AvgIpc) is 3.30. The number of halogens is 2. The molecule has 2 aromatic heterocycles. The number of rotatable bonds is 9. The van der Waals surface area contributed by atoms with Crippen LogP contribution in [-0.2, 0) is 10.1 Å². The maximum Gasteiger partial charge on any atom is 0.296 e. The summed E-state index contributed by atoms with van der Waals surface area (Å²) < 4.78 is 47.4. The van der Waals surface area contributed by atoms with Gasteiger partial charge in [0.1, 0.15) is 20.7 Å². The zero-order valence-corrected chi connectivity index (χ0v) is 26.3. The summed E-state index contributed by atoms with van der Waals surface area (Å²) in [6.07, 6.45) is 2.70. The van der Waals surface area contributed by atoms with Crippen LogP contribution in [0.3, 0.4) is 0 Å². The Morgan fingerprint density at radius 2 is 1.81 bits per heavy atom. The van der Waals surface area contributed by atoms with E-state index in [1.165, 1.54) is 0 Å². The Morgan fingerprint density at radius 1 is 1.05 bits per heavy atom. The molecule has 1 saturated heterocycles. The topological polar surface area (TPSA) is 127 Å². The minimum absolute atomic E-state index is 0.0301. The van der Waals surface area contributed by atoms with Gasteiger partial charge < -0.3 is 29.7 Å². The van der Waals surface area contributed by atoms with E-state index in [0.717, 1.165) is 67.5 Å². The third-order valence-electron chi connectivity index (χ3n) is 6.45. The van der Waals surface area contributed by atoms with Crippen molar-refractivity contribution in [3.8, 4) is 23.0 Å². The van der Waals surface area contributed by atoms with Crippen molar-refractivity contribution in [3.05, 3.63) is 63.4 Å². The van der Waals surface area contributed by atoms with E-state index >= 15 is 0 Å². The van der Waals surface area contributed by atoms with Gasteiger partial charge in [-0.1, -0.05) is 29.3 Å². The second-order valence-electron chi connectivity index (χ2n) is 9.51. The Hall–Kier alpha value is -2.84. The molecule has 0 amide bonds. The molecule has 42 heavy (non-hydrogen) atoms. The summed E-state index contributed by atoms with van der Waals surface area (Å²) in [5.41, 5.74) is 7.31. The largest absolute Gasteiger partial charge is 0.493 e. The number of thiophene rings is 1. The number of ether oxygens (including phenoxy) is 3. The molecular formula is C28H32Cl2N4O6S2. The molecule has 10 nitrogen and oxygen atoms in total. The highest BCUT2D eigenvalue weighted by Gasteiger charge is 2.18. The van der Waals surface area contributed by atoms with Gasteiger partial charge >= 0.3 is 0 Å². The Kier molecular flexibility index (Phi) is 11.1. The molecule has 1 aliphatic rings. The van der Waals surface area contributed by atoms with Gasteiger partial charge in [0.05, 0.1) is 23.6 Å². The highest BCUT2D eigenvalue weighted by atomic mass is 35.5. The zero-order chi connectivity index (χ0) is 30.3. The fourth-order valence-electron chi connectivity index (χ4n) is 4.24. The standard InChI is InChI=1S/C24H30N4O3.C4H2Cl2O3S2/c1-27-10-12-28(13-11-27)9-4-14-30-24-17-21-20(16-23(24)29-2)22(7-8-26-21)31-19-6-3-5-18(25)15-19;5-3-1-2(4(6)10-3)11(7,8)9/h3,5-8,15-17H,4,9-14,25H2,1-2H3;1H,(H,7,8,9). The van der Waals surface area contributed by atoms with Crippen molar-refractivity contribution in [1.29, 1.82) is 0 Å². The number of nitrogens with zero attached hydrogens (tertiary/aromatic N) is 3. The van der Waals surface area contributed by atoms with Crippen LogP contribution in [-0.4, -0.2) is 81.2 Å². The van der Waals surface area contributed by atoms with E-state index < -0.39 is 10.1 Å². The summed E-state index contributed by atoms with van der Waals surface area (Å²) in [6.45, 7) is 6.18. The minimum atomic E-state index is -4.22. The number of pyridine rings is 1. The number of hydrogen-bond donors (Lipinski definition) is 2. The van der Waals surface area contributed by atoms with Crippen LogP contribution in [0.4, 0.5) is 5.69 Å². The molecule has 2 aromatic carbocycles. The van der Waals surface area contributed by atoms with Gasteiger partial charge in [-0.25, -0.2) is 0 Å². The first-order chi connectivity index (χ1) is 20.0. The molecule has 3 N–H and O–H groups in total. The lowest BCUT2D eigenvalue weighted by molar-refractivity contribution is 0.145. The van der Waals surface area contributed by atoms with Crippen LogP contribution in [0.2, 0.25) is 8.67 Å². The third-order valence-corrected chi connectivity index (χ3v) is 9.05. The van der Waals surface area contributed by atoms with Crippen LogP contribution in [0, 0.1) is 0 Å². The van der Waals surface area contributed by atoms with Crippen molar-refractivity contribution in [3.63, 3.8) is 0 Å². The number of hydrogen-bond acceptors (Lipinski definition) is 10. The zero-order valence-electron chi connectivity index (χ0n) is 23.1. The van der Waals surface area contributed by atoms with Gasteiger partial charge in [0.15, 0.2) is 11.5 Å². The number of methoxy groups -OCH3 is 1. The summed E-state index contributed by atoms with van der Waals surface area (Å²) in [6, 6.07) is 14.1. The second-order valence-corrected chi connectivity index (χ2v) is 13.2. The van der Waals surface area contributed by atoms with E-state index in [9.17, 15) is 8.42 Å². The van der Waals surface area contributed by atoms with E-state index in [1.807, 2.05) is 36.4 Å². The number of benzene rings is 2. The molecule has 5 rings (SSSR count). The molecule has 0 radical (unpaired) electrons. The van der Waals surface area contributed by atoms with E-state index in [-0.39, 0.29) is 13.6 Å². The van der Waals surface area contributed by atoms with Gasteiger partial charge in [0.25, 0.3) is 10.1 Å². The van der Waals surface area contributed by atoms with Crippen LogP contribution in [0.15, 0.2) is 59.6 Å². The number of nitrogens with two attached hydrogens (primary N) is 1. The number of fused-ring (bicyclic) bond motifs is 1. The maximum absolute atomic E-state index is 10.5. The molecule has 0 atom stereocenters. The monoisotopic (exact) mass is 654 g/mol. The first-order valence-corrected chi connectivity index (χ1v) is 16.0. The summed E-state index contributed by atoms with van der Waals surface area (Å²) in [5.74, 6) is 2.73. The van der Waals surface area contributed by atoms with Crippen LogP contribution in [0.5, 0.6) is 23.0 Å². The van der Waals surface area contributed by atoms with Crippen molar-refractivity contribution in [1.82, 2.24) is 14.8 Å². The van der Waals surface area contributed by atoms with Gasteiger partial charge in [0, 0.05) is 62.1 Å². The fraction of sp³-hybridized carbons (Fsp3) is 0.321. The Labute approximate surface area is 259 Å². The predicted octanol–water partition coefficient (Wildman–Crippen LogP) is 5.94. The highest BCUT2D eigenvalue weighted by molar-refractivity contribution is 7.86. The maximum atomic E-state index is 10.5. The fourth-order valence-corrected chi connectivity index (χ4v) is 6.85. The molecule has 0 aliphatic carbocycles. The van der Waals surface area contributed by atoms with E-state index in [4.69, 9.17) is 47.7 Å². The van der Waals surface area contributed by atoms with Crippen molar-refractivity contribution < 1.29 is 27.2 Å². The van der Waals surface area contributed by atoms with Gasteiger partial charge in [-0.2, -0.15) is 8.42 Å². The van der Waals surface area contributed by atoms with E-state index in [2.05, 4.69) is 21.8 Å². The molecule has 14 heteroatoms. The van der Waals surface area contributed by atoms with Crippen LogP contribution in [0.25, 0.3) is 10.9 Å². The van der Waals surface area contributed by atoms with Crippen molar-refractivity contribution >= 4 is 61.2 Å². The summed E-state index contributed by atoms with van der Waals surface area (Å²) in [5, 5.41) is 0.853. The Bertz CT molecular complexity index is 1610. The number of likely N-dealkylation sites (N-methyl/N-ethyl adjacent to an activating group) is 1. The average molecular weight is 656 g/mol. The summed E-state index contributed by atoms with van der Waals surface area (Å²) in [4.78, 5) is 9.01. The number of nitrogen functional groups attached to an aromatic ring is 1. The van der Waals surface area contributed by atoms with Gasteiger partial charge in [-0.3, -0.25) is 9.54 Å². The number of piperazine rings is 1. The minimum Gasteiger partial charge on any atom is -0.493 e. The highest BCUT2D eigenvalue weighted by Crippen LogP contribution is 2.37. The van der Waals surface area contributed by atoms with Crippen LogP contribution >= 0.6 is 34.5 Å². The van der Waals surface area contributed by atoms with Gasteiger partial charge in [0.2, 0.25) is 0 Å². The first-order valence-electron chi connectivity index (χ1n) is 13.0. The molecule has 0 bridgehead atoms. The molecule has 3 heterocycles. The Balaban J connectivity index is 0.000000310. The molecule has 0 saturated carbocycles. The lowest BCUT2D eigenvalue weighted by Crippen LogP contribution is -2.44. The molecule has 1 aliphatic heterocycles. The molecule has 226 valence electrons. The molecule has 4 aromatic rings. The lowest BCUT2D eigenvalue weighted by atomic mass is 10.1. The SMILES string of the molecule is COc1cc2c(Oc3cccc(N)c3)ccnc2cc1OCCCN1CCN(C)CC1.O=S(=O)(O)c1cc(Cl)sc1Cl. The smallest absolute Gasteiger partial charge is 0.296 e. The van der Waals surface area contributed by atoms with E-state index in [0.29, 0.717) is 35.3 Å². The molecular weight excluding hydrogens is 623 g/mol. The van der Waals surface area contributed by atoms with Crippen LogP contribution < -0.4 is 19.9 Å². The number of anilines is 1. The third kappa shape index (κ3) is 8.83. The number of aromatic nitrogens is 1. The summed E-state index contributed by atoms with van der Waals surface area (Å²) in [7, 11) is -0.400. The quantitative estimate of drug-likeness (QED) is 0.127. The molecule has 0 spiro atoms. The van der Waals surface area contributed by atoms with Crippen molar-refractivity contribution in [2.75, 3.05) is 59.2 Å². The Morgan fingerprint density at radius 3 is 2.43 bits per heavy atom. The second kappa shape index (κ2) is 14.6. The lowest BCUT2D eigenvalue weighted by Gasteiger charge is -2.32. The predicted molar refractivity (Wildman–Crippen MR) is 167 cm³/mol. The van der Waals surface area contributed by atoms with Crippen molar-refractivity contribution in [2.24, 2.45) is 0 Å². The van der Waals surface area contributed by atoms with Gasteiger partial charge in [-0.05, 0) is 43.8 Å². The van der Waals surface area contributed by atoms with Crippen LogP contribution in [0.1, 0.15) is 6.42 Å². The summed E-state index contributed by atoms with van der Waals surface area (Å²) >= 11 is 11.7. The first kappa shape index (κ1) is 32.1.